The van der Waals surface area contributed by atoms with Crippen LogP contribution in [0.15, 0.2) is 16.4 Å². The van der Waals surface area contributed by atoms with E-state index in [1.807, 2.05) is 6.92 Å². The Kier molecular flexibility index (Phi) is 10.4. The molecule has 0 saturated heterocycles. The number of aliphatic imine (C=N–C) groups is 1. The fraction of sp³-hybridized carbons (Fsp3) is 0.583. The van der Waals surface area contributed by atoms with Gasteiger partial charge in [-0.3, -0.25) is 4.99 Å². The number of aryl methyl sites for hydroxylation is 1. The van der Waals surface area contributed by atoms with Crippen LogP contribution in [0.2, 0.25) is 0 Å². The Hall–Kier alpha value is -0.340. The van der Waals surface area contributed by atoms with E-state index in [-0.39, 0.29) is 24.0 Å². The van der Waals surface area contributed by atoms with Crippen LogP contribution in [0.25, 0.3) is 0 Å². The first-order chi connectivity index (χ1) is 8.27. The standard InChI is InChI=1S/C12H21N3OS.HI/c1-4-16-7-6-14-12(13-3)15-9-11-10(2)5-8-17-11;/h5,8H,4,6-7,9H2,1-3H3,(H2,13,14,15);1H. The highest BCUT2D eigenvalue weighted by molar-refractivity contribution is 14.0. The summed E-state index contributed by atoms with van der Waals surface area (Å²) in [6, 6.07) is 2.13. The third-order valence-corrected chi connectivity index (χ3v) is 3.37. The number of nitrogens with one attached hydrogen (secondary N) is 2. The van der Waals surface area contributed by atoms with Crippen LogP contribution in [0.5, 0.6) is 0 Å². The van der Waals surface area contributed by atoms with Crippen LogP contribution in [0.4, 0.5) is 0 Å². The van der Waals surface area contributed by atoms with Gasteiger partial charge in [-0.1, -0.05) is 0 Å². The molecule has 0 saturated carbocycles. The lowest BCUT2D eigenvalue weighted by Gasteiger charge is -2.11. The number of halogens is 1. The number of nitrogens with zero attached hydrogens (tertiary/aromatic N) is 1. The molecule has 6 heteroatoms. The molecule has 0 amide bonds. The van der Waals surface area contributed by atoms with Gasteiger partial charge >= 0.3 is 0 Å². The second-order valence-electron chi connectivity index (χ2n) is 3.58. The lowest BCUT2D eigenvalue weighted by atomic mass is 10.3. The summed E-state index contributed by atoms with van der Waals surface area (Å²) in [5, 5.41) is 8.60. The van der Waals surface area contributed by atoms with E-state index in [1.165, 1.54) is 10.4 Å². The second-order valence-corrected chi connectivity index (χ2v) is 4.58. The van der Waals surface area contributed by atoms with Gasteiger partial charge in [0.1, 0.15) is 0 Å². The molecule has 0 unspecified atom stereocenters. The van der Waals surface area contributed by atoms with Crippen molar-refractivity contribution in [2.24, 2.45) is 4.99 Å². The van der Waals surface area contributed by atoms with Crippen molar-refractivity contribution < 1.29 is 4.74 Å². The molecule has 2 N–H and O–H groups in total. The Bertz CT molecular complexity index is 355. The van der Waals surface area contributed by atoms with Gasteiger partial charge in [0.2, 0.25) is 0 Å². The topological polar surface area (TPSA) is 45.6 Å². The van der Waals surface area contributed by atoms with Crippen LogP contribution in [0.1, 0.15) is 17.4 Å². The van der Waals surface area contributed by atoms with Crippen LogP contribution >= 0.6 is 35.3 Å². The number of rotatable bonds is 6. The maximum absolute atomic E-state index is 5.25. The van der Waals surface area contributed by atoms with E-state index in [2.05, 4.69) is 34.0 Å². The average Bonchev–Trinajstić information content (AvgIpc) is 2.74. The molecule has 1 rings (SSSR count). The van der Waals surface area contributed by atoms with Crippen molar-refractivity contribution in [2.75, 3.05) is 26.8 Å². The lowest BCUT2D eigenvalue weighted by molar-refractivity contribution is 0.152. The predicted molar refractivity (Wildman–Crippen MR) is 89.2 cm³/mol. The fourth-order valence-electron chi connectivity index (χ4n) is 1.36. The van der Waals surface area contributed by atoms with Crippen molar-refractivity contribution in [3.05, 3.63) is 21.9 Å². The van der Waals surface area contributed by atoms with E-state index in [9.17, 15) is 0 Å². The normalized spacial score (nSPS) is 10.9. The number of ether oxygens (including phenoxy) is 1. The zero-order valence-corrected chi connectivity index (χ0v) is 14.3. The zero-order chi connectivity index (χ0) is 12.5. The van der Waals surface area contributed by atoms with E-state index in [0.29, 0.717) is 6.61 Å². The van der Waals surface area contributed by atoms with Gasteiger partial charge in [-0.15, -0.1) is 35.3 Å². The molecule has 0 aliphatic carbocycles. The Morgan fingerprint density at radius 3 is 2.78 bits per heavy atom. The van der Waals surface area contributed by atoms with Gasteiger partial charge in [-0.2, -0.15) is 0 Å². The number of hydrogen-bond acceptors (Lipinski definition) is 3. The van der Waals surface area contributed by atoms with Crippen molar-refractivity contribution in [2.45, 2.75) is 20.4 Å². The Labute approximate surface area is 130 Å². The van der Waals surface area contributed by atoms with Crippen LogP contribution in [-0.2, 0) is 11.3 Å². The minimum Gasteiger partial charge on any atom is -0.380 e. The summed E-state index contributed by atoms with van der Waals surface area (Å²) < 4.78 is 5.25. The number of thiophene rings is 1. The van der Waals surface area contributed by atoms with Crippen molar-refractivity contribution in [3.63, 3.8) is 0 Å². The Morgan fingerprint density at radius 2 is 2.22 bits per heavy atom. The summed E-state index contributed by atoms with van der Waals surface area (Å²) in [7, 11) is 1.78. The summed E-state index contributed by atoms with van der Waals surface area (Å²) in [4.78, 5) is 5.50. The molecule has 1 aromatic heterocycles. The Morgan fingerprint density at radius 1 is 1.44 bits per heavy atom. The number of hydrogen-bond donors (Lipinski definition) is 2. The van der Waals surface area contributed by atoms with Gasteiger partial charge in [0.25, 0.3) is 0 Å². The second kappa shape index (κ2) is 10.6. The third-order valence-electron chi connectivity index (χ3n) is 2.35. The van der Waals surface area contributed by atoms with Gasteiger partial charge < -0.3 is 15.4 Å². The molecule has 104 valence electrons. The first-order valence-corrected chi connectivity index (χ1v) is 6.71. The summed E-state index contributed by atoms with van der Waals surface area (Å²) in [5.41, 5.74) is 1.33. The Balaban J connectivity index is 0.00000289. The molecule has 0 aromatic carbocycles. The first kappa shape index (κ1) is 17.7. The quantitative estimate of drug-likeness (QED) is 0.343. The zero-order valence-electron chi connectivity index (χ0n) is 11.2. The summed E-state index contributed by atoms with van der Waals surface area (Å²) >= 11 is 1.76. The van der Waals surface area contributed by atoms with E-state index in [0.717, 1.165) is 25.7 Å². The molecule has 1 heterocycles. The molecule has 1 aromatic rings. The first-order valence-electron chi connectivity index (χ1n) is 5.83. The maximum atomic E-state index is 5.25. The van der Waals surface area contributed by atoms with Gasteiger partial charge in [-0.05, 0) is 30.9 Å². The highest BCUT2D eigenvalue weighted by Crippen LogP contribution is 2.14. The van der Waals surface area contributed by atoms with E-state index in [1.54, 1.807) is 18.4 Å². The van der Waals surface area contributed by atoms with E-state index >= 15 is 0 Å². The lowest BCUT2D eigenvalue weighted by Crippen LogP contribution is -2.38. The predicted octanol–water partition coefficient (Wildman–Crippen LogP) is 2.38. The average molecular weight is 383 g/mol. The van der Waals surface area contributed by atoms with Crippen molar-refractivity contribution in [1.29, 1.82) is 0 Å². The smallest absolute Gasteiger partial charge is 0.191 e. The minimum absolute atomic E-state index is 0. The third kappa shape index (κ3) is 6.55. The van der Waals surface area contributed by atoms with E-state index in [4.69, 9.17) is 4.74 Å². The SMILES string of the molecule is CCOCCNC(=NC)NCc1sccc1C.I. The molecule has 0 fully saturated rings. The van der Waals surface area contributed by atoms with Crippen LogP contribution in [0, 0.1) is 6.92 Å². The van der Waals surface area contributed by atoms with Crippen LogP contribution < -0.4 is 10.6 Å². The largest absolute Gasteiger partial charge is 0.380 e. The van der Waals surface area contributed by atoms with Crippen molar-refractivity contribution in [3.8, 4) is 0 Å². The van der Waals surface area contributed by atoms with Gasteiger partial charge in [0.05, 0.1) is 13.2 Å². The fourth-order valence-corrected chi connectivity index (χ4v) is 2.20. The van der Waals surface area contributed by atoms with Crippen LogP contribution in [0.3, 0.4) is 0 Å². The minimum atomic E-state index is 0. The number of guanidine groups is 1. The molecule has 0 radical (unpaired) electrons. The van der Waals surface area contributed by atoms with Crippen molar-refractivity contribution in [1.82, 2.24) is 10.6 Å². The molecule has 0 atom stereocenters. The van der Waals surface area contributed by atoms with Gasteiger partial charge in [0, 0.05) is 25.1 Å². The molecule has 0 aliphatic rings. The highest BCUT2D eigenvalue weighted by atomic mass is 127. The van der Waals surface area contributed by atoms with Gasteiger partial charge in [-0.25, -0.2) is 0 Å². The molecule has 0 aliphatic heterocycles. The summed E-state index contributed by atoms with van der Waals surface area (Å²) in [6.45, 7) is 7.16. The summed E-state index contributed by atoms with van der Waals surface area (Å²) in [5.74, 6) is 0.817. The molecule has 4 nitrogen and oxygen atoms in total. The van der Waals surface area contributed by atoms with Crippen LogP contribution in [-0.4, -0.2) is 32.8 Å². The van der Waals surface area contributed by atoms with Gasteiger partial charge in [0.15, 0.2) is 5.96 Å². The van der Waals surface area contributed by atoms with Crippen molar-refractivity contribution >= 4 is 41.3 Å². The monoisotopic (exact) mass is 383 g/mol. The molecule has 0 spiro atoms. The molecular weight excluding hydrogens is 361 g/mol. The van der Waals surface area contributed by atoms with E-state index < -0.39 is 0 Å². The highest BCUT2D eigenvalue weighted by Gasteiger charge is 2.01. The maximum Gasteiger partial charge on any atom is 0.191 e. The molecule has 0 bridgehead atoms. The molecular formula is C12H22IN3OS. The summed E-state index contributed by atoms with van der Waals surface area (Å²) in [6.07, 6.45) is 0. The molecule has 18 heavy (non-hydrogen) atoms.